The summed E-state index contributed by atoms with van der Waals surface area (Å²) in [4.78, 5) is 20.5. The molecular weight excluding hydrogens is 258 g/mol. The van der Waals surface area contributed by atoms with Crippen molar-refractivity contribution in [3.8, 4) is 0 Å². The molecule has 3 rings (SSSR count). The molecule has 2 aromatic rings. The molecule has 106 valence electrons. The molecule has 0 amide bonds. The van der Waals surface area contributed by atoms with Crippen LogP contribution in [0.5, 0.6) is 0 Å². The van der Waals surface area contributed by atoms with Gasteiger partial charge in [0.05, 0.1) is 19.6 Å². The number of H-pyrrole nitrogens is 1. The highest BCUT2D eigenvalue weighted by Crippen LogP contribution is 2.20. The van der Waals surface area contributed by atoms with E-state index in [0.717, 1.165) is 23.1 Å². The number of aromatic amines is 1. The van der Waals surface area contributed by atoms with E-state index < -0.39 is 5.97 Å². The van der Waals surface area contributed by atoms with Gasteiger partial charge in [-0.1, -0.05) is 0 Å². The van der Waals surface area contributed by atoms with Crippen LogP contribution in [-0.2, 0) is 16.1 Å². The number of morpholine rings is 1. The summed E-state index contributed by atoms with van der Waals surface area (Å²) >= 11 is 0. The van der Waals surface area contributed by atoms with Crippen molar-refractivity contribution in [3.63, 3.8) is 0 Å². The standard InChI is InChI=1S/C14H17N3O3/c18-13(19)6-11-9-20-5-4-17(11)8-10-7-16-14-12(10)2-1-3-15-14/h1-3,7,11H,4-6,8-9H2,(H,15,16)(H,18,19). The van der Waals surface area contributed by atoms with E-state index in [4.69, 9.17) is 9.84 Å². The van der Waals surface area contributed by atoms with Gasteiger partial charge >= 0.3 is 5.97 Å². The first kappa shape index (κ1) is 13.1. The van der Waals surface area contributed by atoms with Crippen LogP contribution in [-0.4, -0.2) is 51.7 Å². The molecule has 1 atom stereocenters. The van der Waals surface area contributed by atoms with Gasteiger partial charge < -0.3 is 14.8 Å². The summed E-state index contributed by atoms with van der Waals surface area (Å²) in [7, 11) is 0. The quantitative estimate of drug-likeness (QED) is 0.877. The number of carboxylic acids is 1. The van der Waals surface area contributed by atoms with Crippen LogP contribution in [0.1, 0.15) is 12.0 Å². The molecule has 0 aliphatic carbocycles. The summed E-state index contributed by atoms with van der Waals surface area (Å²) in [6, 6.07) is 3.87. The molecule has 0 spiro atoms. The smallest absolute Gasteiger partial charge is 0.305 e. The third-order valence-electron chi connectivity index (χ3n) is 3.67. The second kappa shape index (κ2) is 5.60. The lowest BCUT2D eigenvalue weighted by Gasteiger charge is -2.34. The molecular formula is C14H17N3O3. The third kappa shape index (κ3) is 2.66. The van der Waals surface area contributed by atoms with Crippen molar-refractivity contribution in [2.24, 2.45) is 0 Å². The van der Waals surface area contributed by atoms with E-state index in [0.29, 0.717) is 19.8 Å². The van der Waals surface area contributed by atoms with Gasteiger partial charge in [-0.25, -0.2) is 4.98 Å². The Hall–Kier alpha value is -1.92. The minimum Gasteiger partial charge on any atom is -0.481 e. The Bertz CT molecular complexity index is 610. The molecule has 1 unspecified atom stereocenters. The fraction of sp³-hybridized carbons (Fsp3) is 0.429. The van der Waals surface area contributed by atoms with Gasteiger partial charge in [0.2, 0.25) is 0 Å². The average Bonchev–Trinajstić information content (AvgIpc) is 2.84. The monoisotopic (exact) mass is 275 g/mol. The van der Waals surface area contributed by atoms with Crippen molar-refractivity contribution >= 4 is 17.0 Å². The number of nitrogens with one attached hydrogen (secondary N) is 1. The molecule has 0 saturated carbocycles. The zero-order valence-corrected chi connectivity index (χ0v) is 11.1. The van der Waals surface area contributed by atoms with Crippen molar-refractivity contribution in [2.45, 2.75) is 19.0 Å². The number of fused-ring (bicyclic) bond motifs is 1. The predicted molar refractivity (Wildman–Crippen MR) is 73.4 cm³/mol. The molecule has 0 radical (unpaired) electrons. The Kier molecular flexibility index (Phi) is 3.66. The highest BCUT2D eigenvalue weighted by Gasteiger charge is 2.25. The predicted octanol–water partition coefficient (Wildman–Crippen LogP) is 1.24. The summed E-state index contributed by atoms with van der Waals surface area (Å²) < 4.78 is 5.39. The van der Waals surface area contributed by atoms with E-state index in [-0.39, 0.29) is 12.5 Å². The number of hydrogen-bond donors (Lipinski definition) is 2. The molecule has 1 fully saturated rings. The van der Waals surface area contributed by atoms with Crippen LogP contribution in [0.3, 0.4) is 0 Å². The first-order valence-electron chi connectivity index (χ1n) is 6.68. The summed E-state index contributed by atoms with van der Waals surface area (Å²) in [6.07, 6.45) is 3.82. The maximum atomic E-state index is 10.9. The number of aliphatic carboxylic acids is 1. The number of hydrogen-bond acceptors (Lipinski definition) is 4. The Balaban J connectivity index is 1.79. The lowest BCUT2D eigenvalue weighted by Crippen LogP contribution is -2.45. The molecule has 6 heteroatoms. The van der Waals surface area contributed by atoms with Crippen molar-refractivity contribution in [2.75, 3.05) is 19.8 Å². The van der Waals surface area contributed by atoms with Gasteiger partial charge in [-0.2, -0.15) is 0 Å². The van der Waals surface area contributed by atoms with Crippen LogP contribution in [0.25, 0.3) is 11.0 Å². The largest absolute Gasteiger partial charge is 0.481 e. The van der Waals surface area contributed by atoms with Gasteiger partial charge in [0, 0.05) is 36.9 Å². The second-order valence-corrected chi connectivity index (χ2v) is 5.01. The molecule has 3 heterocycles. The molecule has 2 aromatic heterocycles. The lowest BCUT2D eigenvalue weighted by atomic mass is 10.1. The minimum absolute atomic E-state index is 0.0668. The first-order chi connectivity index (χ1) is 9.74. The van der Waals surface area contributed by atoms with Crippen molar-refractivity contribution in [3.05, 3.63) is 30.1 Å². The van der Waals surface area contributed by atoms with E-state index in [9.17, 15) is 4.79 Å². The molecule has 1 aliphatic rings. The summed E-state index contributed by atoms with van der Waals surface area (Å²) in [5.41, 5.74) is 2.01. The minimum atomic E-state index is -0.786. The summed E-state index contributed by atoms with van der Waals surface area (Å²) in [6.45, 7) is 2.60. The number of carbonyl (C=O) groups is 1. The number of rotatable bonds is 4. The van der Waals surface area contributed by atoms with Crippen LogP contribution in [0, 0.1) is 0 Å². The second-order valence-electron chi connectivity index (χ2n) is 5.01. The fourth-order valence-electron chi connectivity index (χ4n) is 2.65. The fourth-order valence-corrected chi connectivity index (χ4v) is 2.65. The Labute approximate surface area is 116 Å². The Morgan fingerprint density at radius 3 is 3.35 bits per heavy atom. The van der Waals surface area contributed by atoms with Crippen molar-refractivity contribution in [1.82, 2.24) is 14.9 Å². The van der Waals surface area contributed by atoms with Gasteiger partial charge in [-0.15, -0.1) is 0 Å². The third-order valence-corrected chi connectivity index (χ3v) is 3.67. The Morgan fingerprint density at radius 2 is 2.50 bits per heavy atom. The average molecular weight is 275 g/mol. The van der Waals surface area contributed by atoms with Crippen LogP contribution < -0.4 is 0 Å². The van der Waals surface area contributed by atoms with E-state index in [2.05, 4.69) is 14.9 Å². The molecule has 2 N–H and O–H groups in total. The normalized spacial score (nSPS) is 20.3. The lowest BCUT2D eigenvalue weighted by molar-refractivity contribution is -0.140. The maximum Gasteiger partial charge on any atom is 0.305 e. The van der Waals surface area contributed by atoms with Crippen molar-refractivity contribution < 1.29 is 14.6 Å². The highest BCUT2D eigenvalue weighted by molar-refractivity contribution is 5.79. The highest BCUT2D eigenvalue weighted by atomic mass is 16.5. The number of nitrogens with zero attached hydrogens (tertiary/aromatic N) is 2. The molecule has 1 aliphatic heterocycles. The first-order valence-corrected chi connectivity index (χ1v) is 6.68. The number of ether oxygens (including phenoxy) is 1. The molecule has 1 saturated heterocycles. The van der Waals surface area contributed by atoms with E-state index in [1.807, 2.05) is 18.3 Å². The van der Waals surface area contributed by atoms with Crippen LogP contribution in [0.4, 0.5) is 0 Å². The summed E-state index contributed by atoms with van der Waals surface area (Å²) in [5, 5.41) is 10.1. The van der Waals surface area contributed by atoms with Gasteiger partial charge in [-0.05, 0) is 17.7 Å². The molecule has 6 nitrogen and oxygen atoms in total. The number of pyridine rings is 1. The zero-order chi connectivity index (χ0) is 13.9. The maximum absolute atomic E-state index is 10.9. The van der Waals surface area contributed by atoms with E-state index in [1.165, 1.54) is 0 Å². The zero-order valence-electron chi connectivity index (χ0n) is 11.1. The topological polar surface area (TPSA) is 78.5 Å². The van der Waals surface area contributed by atoms with E-state index >= 15 is 0 Å². The van der Waals surface area contributed by atoms with Crippen LogP contribution in [0.2, 0.25) is 0 Å². The molecule has 20 heavy (non-hydrogen) atoms. The van der Waals surface area contributed by atoms with Gasteiger partial charge in [0.15, 0.2) is 0 Å². The van der Waals surface area contributed by atoms with Crippen LogP contribution in [0.15, 0.2) is 24.5 Å². The molecule has 0 bridgehead atoms. The SMILES string of the molecule is O=C(O)CC1COCCN1Cc1c[nH]c2ncccc12. The van der Waals surface area contributed by atoms with Crippen LogP contribution >= 0.6 is 0 Å². The van der Waals surface area contributed by atoms with E-state index in [1.54, 1.807) is 6.20 Å². The van der Waals surface area contributed by atoms with Crippen molar-refractivity contribution in [1.29, 1.82) is 0 Å². The van der Waals surface area contributed by atoms with Gasteiger partial charge in [0.25, 0.3) is 0 Å². The number of aromatic nitrogens is 2. The van der Waals surface area contributed by atoms with Gasteiger partial charge in [0.1, 0.15) is 5.65 Å². The summed E-state index contributed by atoms with van der Waals surface area (Å²) in [5.74, 6) is -0.786. The van der Waals surface area contributed by atoms with Gasteiger partial charge in [-0.3, -0.25) is 9.69 Å². The number of carboxylic acid groups (broad SMARTS) is 1. The molecule has 0 aromatic carbocycles. The Morgan fingerprint density at radius 1 is 1.60 bits per heavy atom.